The summed E-state index contributed by atoms with van der Waals surface area (Å²) in [5.41, 5.74) is 7.55. The highest BCUT2D eigenvalue weighted by Gasteiger charge is 2.34. The summed E-state index contributed by atoms with van der Waals surface area (Å²) in [6.07, 6.45) is 0.398. The Kier molecular flexibility index (Phi) is 7.98. The fourth-order valence-corrected chi connectivity index (χ4v) is 3.23. The van der Waals surface area contributed by atoms with Crippen LogP contribution in [0, 0.1) is 0 Å². The Labute approximate surface area is 161 Å². The van der Waals surface area contributed by atoms with Crippen LogP contribution in [0.4, 0.5) is 0 Å². The van der Waals surface area contributed by atoms with Gasteiger partial charge in [0.15, 0.2) is 0 Å². The average Bonchev–Trinajstić information content (AvgIpc) is 2.72. The molecule has 27 heavy (non-hydrogen) atoms. The fourth-order valence-electron chi connectivity index (χ4n) is 3.23. The second-order valence-corrected chi connectivity index (χ2v) is 6.90. The first kappa shape index (κ1) is 21.1. The molecule has 4 unspecified atom stereocenters. The SMILES string of the molecule is CCCCC(O)C(N)C(=O)N(C)C(c1ccccc1)C(O)c1ccccc1. The molecule has 0 fully saturated rings. The zero-order chi connectivity index (χ0) is 19.8. The van der Waals surface area contributed by atoms with Crippen molar-refractivity contribution in [2.75, 3.05) is 7.05 Å². The molecule has 5 heteroatoms. The van der Waals surface area contributed by atoms with E-state index in [-0.39, 0.29) is 5.91 Å². The number of aliphatic hydroxyl groups excluding tert-OH is 2. The Balaban J connectivity index is 2.28. The third kappa shape index (κ3) is 5.39. The fraction of sp³-hybridized carbons (Fsp3) is 0.409. The molecule has 0 saturated carbocycles. The number of unbranched alkanes of at least 4 members (excludes halogenated alkanes) is 1. The van der Waals surface area contributed by atoms with E-state index in [1.807, 2.05) is 67.6 Å². The maximum absolute atomic E-state index is 12.9. The Hall–Kier alpha value is -2.21. The maximum atomic E-state index is 12.9. The highest BCUT2D eigenvalue weighted by molar-refractivity contribution is 5.82. The monoisotopic (exact) mass is 370 g/mol. The average molecular weight is 370 g/mol. The molecule has 0 bridgehead atoms. The normalized spacial score (nSPS) is 15.6. The number of nitrogens with zero attached hydrogens (tertiary/aromatic N) is 1. The third-order valence-electron chi connectivity index (χ3n) is 4.90. The number of nitrogens with two attached hydrogens (primary N) is 1. The van der Waals surface area contributed by atoms with Gasteiger partial charge in [0.25, 0.3) is 0 Å². The molecule has 0 spiro atoms. The number of carbonyl (C=O) groups is 1. The number of aliphatic hydroxyl groups is 2. The van der Waals surface area contributed by atoms with Crippen molar-refractivity contribution in [3.8, 4) is 0 Å². The topological polar surface area (TPSA) is 86.8 Å². The van der Waals surface area contributed by atoms with E-state index < -0.39 is 24.3 Å². The van der Waals surface area contributed by atoms with Crippen LogP contribution in [0.1, 0.15) is 49.5 Å². The number of hydrogen-bond acceptors (Lipinski definition) is 4. The van der Waals surface area contributed by atoms with Crippen LogP contribution in [0.3, 0.4) is 0 Å². The number of benzene rings is 2. The minimum atomic E-state index is -1.02. The highest BCUT2D eigenvalue weighted by atomic mass is 16.3. The smallest absolute Gasteiger partial charge is 0.242 e. The van der Waals surface area contributed by atoms with Crippen LogP contribution in [0.5, 0.6) is 0 Å². The molecule has 2 aromatic rings. The Morgan fingerprint density at radius 3 is 2.04 bits per heavy atom. The molecule has 0 heterocycles. The van der Waals surface area contributed by atoms with Crippen LogP contribution in [0.15, 0.2) is 60.7 Å². The van der Waals surface area contributed by atoms with E-state index in [4.69, 9.17) is 5.73 Å². The minimum absolute atomic E-state index is 0.387. The second-order valence-electron chi connectivity index (χ2n) is 6.90. The molecule has 5 nitrogen and oxygen atoms in total. The Morgan fingerprint density at radius 1 is 1.00 bits per heavy atom. The van der Waals surface area contributed by atoms with Gasteiger partial charge in [0.1, 0.15) is 12.1 Å². The van der Waals surface area contributed by atoms with Crippen molar-refractivity contribution in [1.82, 2.24) is 4.90 Å². The summed E-state index contributed by atoms with van der Waals surface area (Å²) in [5, 5.41) is 21.3. The van der Waals surface area contributed by atoms with Crippen molar-refractivity contribution < 1.29 is 15.0 Å². The summed E-state index contributed by atoms with van der Waals surface area (Å²) < 4.78 is 0. The van der Waals surface area contributed by atoms with Gasteiger partial charge in [-0.15, -0.1) is 0 Å². The quantitative estimate of drug-likeness (QED) is 0.633. The summed E-state index contributed by atoms with van der Waals surface area (Å²) >= 11 is 0. The summed E-state index contributed by atoms with van der Waals surface area (Å²) in [7, 11) is 1.62. The molecule has 0 saturated heterocycles. The van der Waals surface area contributed by atoms with Crippen LogP contribution in [0.25, 0.3) is 0 Å². The number of hydrogen-bond donors (Lipinski definition) is 3. The highest BCUT2D eigenvalue weighted by Crippen LogP contribution is 2.33. The van der Waals surface area contributed by atoms with Gasteiger partial charge >= 0.3 is 0 Å². The molecule has 4 atom stereocenters. The first-order chi connectivity index (χ1) is 13.0. The molecule has 2 rings (SSSR count). The lowest BCUT2D eigenvalue weighted by Gasteiger charge is -2.35. The molecule has 0 aliphatic rings. The van der Waals surface area contributed by atoms with Crippen molar-refractivity contribution in [2.45, 2.75) is 50.5 Å². The van der Waals surface area contributed by atoms with Gasteiger partial charge < -0.3 is 20.8 Å². The molecule has 1 amide bonds. The van der Waals surface area contributed by atoms with Crippen molar-refractivity contribution in [1.29, 1.82) is 0 Å². The van der Waals surface area contributed by atoms with Crippen molar-refractivity contribution in [3.05, 3.63) is 71.8 Å². The largest absolute Gasteiger partial charge is 0.391 e. The van der Waals surface area contributed by atoms with E-state index in [1.165, 1.54) is 4.90 Å². The van der Waals surface area contributed by atoms with Gasteiger partial charge in [-0.2, -0.15) is 0 Å². The summed E-state index contributed by atoms with van der Waals surface area (Å²) in [4.78, 5) is 14.4. The lowest BCUT2D eigenvalue weighted by Crippen LogP contribution is -2.50. The van der Waals surface area contributed by atoms with Gasteiger partial charge in [0.05, 0.1) is 12.1 Å². The Morgan fingerprint density at radius 2 is 1.52 bits per heavy atom. The predicted molar refractivity (Wildman–Crippen MR) is 107 cm³/mol. The van der Waals surface area contributed by atoms with E-state index in [0.29, 0.717) is 12.0 Å². The number of carbonyl (C=O) groups excluding carboxylic acids is 1. The van der Waals surface area contributed by atoms with E-state index in [1.54, 1.807) is 7.05 Å². The van der Waals surface area contributed by atoms with E-state index in [2.05, 4.69) is 0 Å². The van der Waals surface area contributed by atoms with Crippen LogP contribution in [-0.2, 0) is 4.79 Å². The molecule has 146 valence electrons. The lowest BCUT2D eigenvalue weighted by atomic mass is 9.93. The first-order valence-corrected chi connectivity index (χ1v) is 9.45. The second kappa shape index (κ2) is 10.2. The zero-order valence-electron chi connectivity index (χ0n) is 16.0. The molecule has 0 radical (unpaired) electrons. The van der Waals surface area contributed by atoms with Gasteiger partial charge in [-0.05, 0) is 17.5 Å². The molecular weight excluding hydrogens is 340 g/mol. The van der Waals surface area contributed by atoms with E-state index >= 15 is 0 Å². The van der Waals surface area contributed by atoms with Crippen LogP contribution in [-0.4, -0.2) is 40.2 Å². The molecule has 2 aromatic carbocycles. The van der Waals surface area contributed by atoms with Crippen LogP contribution in [0.2, 0.25) is 0 Å². The lowest BCUT2D eigenvalue weighted by molar-refractivity contribution is -0.138. The molecule has 0 aliphatic carbocycles. The van der Waals surface area contributed by atoms with E-state index in [9.17, 15) is 15.0 Å². The van der Waals surface area contributed by atoms with Gasteiger partial charge in [0.2, 0.25) is 5.91 Å². The van der Waals surface area contributed by atoms with Crippen molar-refractivity contribution >= 4 is 5.91 Å². The number of amides is 1. The minimum Gasteiger partial charge on any atom is -0.391 e. The summed E-state index contributed by atoms with van der Waals surface area (Å²) in [5.74, 6) is -0.387. The molecule has 4 N–H and O–H groups in total. The van der Waals surface area contributed by atoms with Crippen molar-refractivity contribution in [3.63, 3.8) is 0 Å². The van der Waals surface area contributed by atoms with Crippen molar-refractivity contribution in [2.24, 2.45) is 5.73 Å². The Bertz CT molecular complexity index is 693. The van der Waals surface area contributed by atoms with Gasteiger partial charge in [-0.1, -0.05) is 80.4 Å². The van der Waals surface area contributed by atoms with E-state index in [0.717, 1.165) is 18.4 Å². The van der Waals surface area contributed by atoms with Gasteiger partial charge in [-0.25, -0.2) is 0 Å². The molecule has 0 aliphatic heterocycles. The third-order valence-corrected chi connectivity index (χ3v) is 4.90. The molecule has 0 aromatic heterocycles. The van der Waals surface area contributed by atoms with Gasteiger partial charge in [0, 0.05) is 7.05 Å². The number of rotatable bonds is 9. The van der Waals surface area contributed by atoms with Gasteiger partial charge in [-0.3, -0.25) is 4.79 Å². The summed E-state index contributed by atoms with van der Waals surface area (Å²) in [6.45, 7) is 2.02. The number of likely N-dealkylation sites (N-methyl/N-ethyl adjacent to an activating group) is 1. The predicted octanol–water partition coefficient (Wildman–Crippen LogP) is 2.80. The summed E-state index contributed by atoms with van der Waals surface area (Å²) in [6, 6.07) is 17.0. The standard InChI is InChI=1S/C22H30N2O3/c1-3-4-15-18(25)19(23)22(27)24(2)20(16-11-7-5-8-12-16)21(26)17-13-9-6-10-14-17/h5-14,18-21,25-26H,3-4,15,23H2,1-2H3. The van der Waals surface area contributed by atoms with Crippen LogP contribution >= 0.6 is 0 Å². The maximum Gasteiger partial charge on any atom is 0.242 e. The zero-order valence-corrected chi connectivity index (χ0v) is 16.0. The first-order valence-electron chi connectivity index (χ1n) is 9.45. The molecular formula is C22H30N2O3. The van der Waals surface area contributed by atoms with Crippen LogP contribution < -0.4 is 5.73 Å².